The lowest BCUT2D eigenvalue weighted by Gasteiger charge is -2.37. The van der Waals surface area contributed by atoms with Gasteiger partial charge in [-0.2, -0.15) is 0 Å². The number of ether oxygens (including phenoxy) is 2. The number of methoxy groups -OCH3 is 2. The molecule has 1 aromatic heterocycles. The van der Waals surface area contributed by atoms with Gasteiger partial charge in [-0.3, -0.25) is 0 Å². The lowest BCUT2D eigenvalue weighted by atomic mass is 9.83. The minimum absolute atomic E-state index is 0.373. The predicted molar refractivity (Wildman–Crippen MR) is 81.9 cm³/mol. The van der Waals surface area contributed by atoms with Crippen LogP contribution in [-0.4, -0.2) is 33.3 Å². The van der Waals surface area contributed by atoms with Gasteiger partial charge in [0.1, 0.15) is 15.6 Å². The first-order valence-corrected chi connectivity index (χ1v) is 7.51. The normalized spacial score (nSPS) is 17.9. The third-order valence-corrected chi connectivity index (χ3v) is 5.09. The largest absolute Gasteiger partial charge is 0.492 e. The van der Waals surface area contributed by atoms with Gasteiger partial charge < -0.3 is 20.1 Å². The Bertz CT molecular complexity index is 501. The highest BCUT2D eigenvalue weighted by atomic mass is 32.1. The van der Waals surface area contributed by atoms with E-state index in [-0.39, 0.29) is 0 Å². The maximum Gasteiger partial charge on any atom is 0.350 e. The number of esters is 1. The highest BCUT2D eigenvalue weighted by Gasteiger charge is 2.30. The van der Waals surface area contributed by atoms with Crippen LogP contribution in [0, 0.1) is 5.41 Å². The molecular weight excluding hydrogens is 276 g/mol. The van der Waals surface area contributed by atoms with E-state index in [0.717, 1.165) is 30.9 Å². The minimum atomic E-state index is -0.408. The Hall–Kier alpha value is -1.43. The van der Waals surface area contributed by atoms with Crippen molar-refractivity contribution in [3.63, 3.8) is 0 Å². The second-order valence-electron chi connectivity index (χ2n) is 5.83. The zero-order valence-corrected chi connectivity index (χ0v) is 13.3. The fraction of sp³-hybridized carbons (Fsp3) is 0.643. The highest BCUT2D eigenvalue weighted by molar-refractivity contribution is 7.19. The number of hydrogen-bond donors (Lipinski definition) is 1. The van der Waals surface area contributed by atoms with Crippen LogP contribution in [0.3, 0.4) is 0 Å². The lowest BCUT2D eigenvalue weighted by molar-refractivity contribution is 0.0607. The summed E-state index contributed by atoms with van der Waals surface area (Å²) in [5.41, 5.74) is 6.76. The summed E-state index contributed by atoms with van der Waals surface area (Å²) in [4.78, 5) is 14.4. The standard InChI is InChI=1S/C14H22N2O3S/c1-14(2)5-7-16(8-6-14)12-10(18-3)9(15)11(20-12)13(17)19-4/h5-8,15H2,1-4H3. The molecule has 1 aromatic rings. The molecule has 0 aromatic carbocycles. The molecule has 0 atom stereocenters. The van der Waals surface area contributed by atoms with Crippen LogP contribution in [0.25, 0.3) is 0 Å². The van der Waals surface area contributed by atoms with Crippen LogP contribution < -0.4 is 15.4 Å². The van der Waals surface area contributed by atoms with Gasteiger partial charge in [0, 0.05) is 13.1 Å². The molecule has 2 N–H and O–H groups in total. The molecule has 1 fully saturated rings. The topological polar surface area (TPSA) is 64.8 Å². The molecule has 1 saturated heterocycles. The van der Waals surface area contributed by atoms with E-state index < -0.39 is 5.97 Å². The first-order valence-electron chi connectivity index (χ1n) is 6.69. The minimum Gasteiger partial charge on any atom is -0.492 e. The Labute approximate surface area is 123 Å². The van der Waals surface area contributed by atoms with Crippen molar-refractivity contribution in [1.29, 1.82) is 0 Å². The van der Waals surface area contributed by atoms with E-state index >= 15 is 0 Å². The number of piperidine rings is 1. The van der Waals surface area contributed by atoms with Gasteiger partial charge in [0.2, 0.25) is 0 Å². The van der Waals surface area contributed by atoms with E-state index in [1.807, 2.05) is 0 Å². The van der Waals surface area contributed by atoms with E-state index in [2.05, 4.69) is 18.7 Å². The molecule has 0 spiro atoms. The average molecular weight is 298 g/mol. The van der Waals surface area contributed by atoms with Gasteiger partial charge in [-0.05, 0) is 18.3 Å². The number of carbonyl (C=O) groups is 1. The summed E-state index contributed by atoms with van der Waals surface area (Å²) in [6.07, 6.45) is 2.23. The summed E-state index contributed by atoms with van der Waals surface area (Å²) in [6.45, 7) is 6.46. The van der Waals surface area contributed by atoms with Crippen molar-refractivity contribution in [2.75, 3.05) is 37.9 Å². The molecule has 6 heteroatoms. The van der Waals surface area contributed by atoms with Crippen LogP contribution in [0.2, 0.25) is 0 Å². The van der Waals surface area contributed by atoms with Crippen molar-refractivity contribution in [2.24, 2.45) is 5.41 Å². The summed E-state index contributed by atoms with van der Waals surface area (Å²) in [5.74, 6) is 0.185. The Morgan fingerprint density at radius 2 is 1.90 bits per heavy atom. The summed E-state index contributed by atoms with van der Waals surface area (Å²) < 4.78 is 10.2. The molecule has 0 aliphatic carbocycles. The Balaban J connectivity index is 2.30. The maximum absolute atomic E-state index is 11.7. The molecule has 20 heavy (non-hydrogen) atoms. The second-order valence-corrected chi connectivity index (χ2v) is 6.83. The third-order valence-electron chi connectivity index (χ3n) is 3.86. The summed E-state index contributed by atoms with van der Waals surface area (Å²) in [6, 6.07) is 0. The molecule has 112 valence electrons. The zero-order valence-electron chi connectivity index (χ0n) is 12.5. The van der Waals surface area contributed by atoms with Gasteiger partial charge >= 0.3 is 5.97 Å². The predicted octanol–water partition coefficient (Wildman–Crippen LogP) is 2.75. The lowest BCUT2D eigenvalue weighted by Crippen LogP contribution is -2.37. The molecule has 1 aliphatic heterocycles. The van der Waals surface area contributed by atoms with Gasteiger partial charge in [-0.1, -0.05) is 13.8 Å². The van der Waals surface area contributed by atoms with Crippen LogP contribution in [0.5, 0.6) is 5.75 Å². The number of anilines is 2. The maximum atomic E-state index is 11.7. The molecule has 0 radical (unpaired) electrons. The quantitative estimate of drug-likeness (QED) is 0.869. The SMILES string of the molecule is COC(=O)c1sc(N2CCC(C)(C)CC2)c(OC)c1N. The van der Waals surface area contributed by atoms with Crippen molar-refractivity contribution in [1.82, 2.24) is 0 Å². The van der Waals surface area contributed by atoms with Crippen molar-refractivity contribution in [3.05, 3.63) is 4.88 Å². The van der Waals surface area contributed by atoms with Gasteiger partial charge in [0.25, 0.3) is 0 Å². The molecule has 0 bridgehead atoms. The van der Waals surface area contributed by atoms with Crippen molar-refractivity contribution < 1.29 is 14.3 Å². The Morgan fingerprint density at radius 1 is 1.30 bits per heavy atom. The smallest absolute Gasteiger partial charge is 0.350 e. The molecule has 0 saturated carbocycles. The van der Waals surface area contributed by atoms with Crippen molar-refractivity contribution in [3.8, 4) is 5.75 Å². The molecule has 0 amide bonds. The number of nitrogens with two attached hydrogens (primary N) is 1. The zero-order chi connectivity index (χ0) is 14.9. The molecule has 0 unspecified atom stereocenters. The van der Waals surface area contributed by atoms with Gasteiger partial charge in [0.05, 0.1) is 14.2 Å². The fourth-order valence-electron chi connectivity index (χ4n) is 2.38. The molecule has 5 nitrogen and oxygen atoms in total. The molecular formula is C14H22N2O3S. The van der Waals surface area contributed by atoms with E-state index in [0.29, 0.717) is 21.7 Å². The Morgan fingerprint density at radius 3 is 2.40 bits per heavy atom. The van der Waals surface area contributed by atoms with E-state index in [1.54, 1.807) is 7.11 Å². The first kappa shape index (κ1) is 15.0. The fourth-order valence-corrected chi connectivity index (χ4v) is 3.54. The van der Waals surface area contributed by atoms with Gasteiger partial charge in [-0.25, -0.2) is 4.79 Å². The average Bonchev–Trinajstić information content (AvgIpc) is 2.75. The summed E-state index contributed by atoms with van der Waals surface area (Å²) >= 11 is 1.35. The van der Waals surface area contributed by atoms with Crippen LogP contribution in [0.15, 0.2) is 0 Å². The molecule has 1 aliphatic rings. The van der Waals surface area contributed by atoms with Crippen LogP contribution in [-0.2, 0) is 4.74 Å². The second kappa shape index (κ2) is 5.52. The number of nitrogen functional groups attached to an aromatic ring is 1. The Kier molecular flexibility index (Phi) is 4.13. The summed E-state index contributed by atoms with van der Waals surface area (Å²) in [5, 5.41) is 0.931. The highest BCUT2D eigenvalue weighted by Crippen LogP contribution is 2.46. The number of carbonyl (C=O) groups excluding carboxylic acids is 1. The number of nitrogens with zero attached hydrogens (tertiary/aromatic N) is 1. The monoisotopic (exact) mass is 298 g/mol. The van der Waals surface area contributed by atoms with Gasteiger partial charge in [-0.15, -0.1) is 11.3 Å². The van der Waals surface area contributed by atoms with Crippen LogP contribution in [0.1, 0.15) is 36.4 Å². The van der Waals surface area contributed by atoms with Gasteiger partial charge in [0.15, 0.2) is 5.75 Å². The number of thiophene rings is 1. The molecule has 2 heterocycles. The van der Waals surface area contributed by atoms with E-state index in [1.165, 1.54) is 18.4 Å². The third kappa shape index (κ3) is 2.70. The summed E-state index contributed by atoms with van der Waals surface area (Å²) in [7, 11) is 2.94. The van der Waals surface area contributed by atoms with E-state index in [9.17, 15) is 4.79 Å². The van der Waals surface area contributed by atoms with Crippen LogP contribution in [0.4, 0.5) is 10.7 Å². The number of rotatable bonds is 3. The van der Waals surface area contributed by atoms with E-state index in [4.69, 9.17) is 15.2 Å². The van der Waals surface area contributed by atoms with Crippen LogP contribution >= 0.6 is 11.3 Å². The first-order chi connectivity index (χ1) is 9.39. The van der Waals surface area contributed by atoms with Crippen molar-refractivity contribution in [2.45, 2.75) is 26.7 Å². The number of hydrogen-bond acceptors (Lipinski definition) is 6. The van der Waals surface area contributed by atoms with Crippen molar-refractivity contribution >= 4 is 28.0 Å². The molecule has 2 rings (SSSR count).